The standard InChI is InChI=1S/C13H21NOS/c1-14(10-4-3-5-11-16)12-6-8-13(15-2)9-7-12/h6-9,16H,3-5,10-11H2,1-2H3. The van der Waals surface area contributed by atoms with E-state index in [0.717, 1.165) is 18.0 Å². The quantitative estimate of drug-likeness (QED) is 0.579. The molecule has 2 nitrogen and oxygen atoms in total. The minimum absolute atomic E-state index is 0.909. The molecular formula is C13H21NOS. The van der Waals surface area contributed by atoms with Gasteiger partial charge in [-0.05, 0) is 42.9 Å². The van der Waals surface area contributed by atoms with E-state index >= 15 is 0 Å². The van der Waals surface area contributed by atoms with Crippen molar-refractivity contribution in [1.82, 2.24) is 0 Å². The first-order valence-corrected chi connectivity index (χ1v) is 6.37. The summed E-state index contributed by atoms with van der Waals surface area (Å²) in [6, 6.07) is 8.19. The van der Waals surface area contributed by atoms with Gasteiger partial charge in [-0.2, -0.15) is 12.6 Å². The van der Waals surface area contributed by atoms with Crippen molar-refractivity contribution in [2.24, 2.45) is 0 Å². The molecule has 0 aliphatic rings. The smallest absolute Gasteiger partial charge is 0.119 e. The zero-order valence-electron chi connectivity index (χ0n) is 10.1. The van der Waals surface area contributed by atoms with Gasteiger partial charge in [-0.15, -0.1) is 0 Å². The SMILES string of the molecule is COc1ccc(N(C)CCCCCS)cc1. The van der Waals surface area contributed by atoms with Gasteiger partial charge >= 0.3 is 0 Å². The van der Waals surface area contributed by atoms with Gasteiger partial charge in [-0.1, -0.05) is 6.42 Å². The van der Waals surface area contributed by atoms with E-state index in [1.54, 1.807) is 7.11 Å². The number of unbranched alkanes of at least 4 members (excludes halogenated alkanes) is 2. The van der Waals surface area contributed by atoms with Gasteiger partial charge in [0.1, 0.15) is 5.75 Å². The molecule has 1 aromatic carbocycles. The maximum absolute atomic E-state index is 5.13. The Morgan fingerprint density at radius 1 is 1.12 bits per heavy atom. The Morgan fingerprint density at radius 3 is 2.38 bits per heavy atom. The van der Waals surface area contributed by atoms with Crippen LogP contribution in [-0.2, 0) is 0 Å². The Balaban J connectivity index is 2.37. The highest BCUT2D eigenvalue weighted by Gasteiger charge is 2.00. The molecule has 0 aliphatic carbocycles. The summed E-state index contributed by atoms with van der Waals surface area (Å²) < 4.78 is 5.13. The molecule has 0 heterocycles. The first kappa shape index (κ1) is 13.2. The molecule has 0 aromatic heterocycles. The number of hydrogen-bond acceptors (Lipinski definition) is 3. The van der Waals surface area contributed by atoms with Gasteiger partial charge < -0.3 is 9.64 Å². The summed E-state index contributed by atoms with van der Waals surface area (Å²) in [5.41, 5.74) is 1.24. The second-order valence-electron chi connectivity index (χ2n) is 3.90. The van der Waals surface area contributed by atoms with E-state index < -0.39 is 0 Å². The van der Waals surface area contributed by atoms with E-state index in [9.17, 15) is 0 Å². The molecule has 0 saturated heterocycles. The number of ether oxygens (including phenoxy) is 1. The summed E-state index contributed by atoms with van der Waals surface area (Å²) in [5, 5.41) is 0. The fourth-order valence-corrected chi connectivity index (χ4v) is 1.83. The average molecular weight is 239 g/mol. The third-order valence-corrected chi connectivity index (χ3v) is 2.98. The number of nitrogens with zero attached hydrogens (tertiary/aromatic N) is 1. The van der Waals surface area contributed by atoms with Crippen molar-refractivity contribution in [3.63, 3.8) is 0 Å². The van der Waals surface area contributed by atoms with E-state index in [-0.39, 0.29) is 0 Å². The van der Waals surface area contributed by atoms with Crippen LogP contribution in [0, 0.1) is 0 Å². The molecule has 0 spiro atoms. The van der Waals surface area contributed by atoms with Crippen LogP contribution in [0.15, 0.2) is 24.3 Å². The van der Waals surface area contributed by atoms with E-state index in [0.29, 0.717) is 0 Å². The Kier molecular flexibility index (Phi) is 6.16. The third kappa shape index (κ3) is 4.35. The molecular weight excluding hydrogens is 218 g/mol. The predicted octanol–water partition coefficient (Wildman–Crippen LogP) is 3.23. The number of thiol groups is 1. The van der Waals surface area contributed by atoms with Gasteiger partial charge in [0.15, 0.2) is 0 Å². The van der Waals surface area contributed by atoms with Gasteiger partial charge in [0, 0.05) is 19.3 Å². The van der Waals surface area contributed by atoms with E-state index in [4.69, 9.17) is 4.74 Å². The highest BCUT2D eigenvalue weighted by molar-refractivity contribution is 7.80. The molecule has 1 rings (SSSR count). The zero-order valence-corrected chi connectivity index (χ0v) is 11.0. The molecule has 0 atom stereocenters. The molecule has 3 heteroatoms. The van der Waals surface area contributed by atoms with Crippen molar-refractivity contribution in [1.29, 1.82) is 0 Å². The minimum Gasteiger partial charge on any atom is -0.497 e. The first-order valence-electron chi connectivity index (χ1n) is 5.74. The van der Waals surface area contributed by atoms with Crippen LogP contribution >= 0.6 is 12.6 Å². The van der Waals surface area contributed by atoms with Gasteiger partial charge in [0.2, 0.25) is 0 Å². The maximum Gasteiger partial charge on any atom is 0.119 e. The molecule has 0 N–H and O–H groups in total. The average Bonchev–Trinajstić information content (AvgIpc) is 2.34. The Morgan fingerprint density at radius 2 is 1.81 bits per heavy atom. The lowest BCUT2D eigenvalue weighted by Crippen LogP contribution is -2.18. The molecule has 0 saturated carbocycles. The molecule has 0 radical (unpaired) electrons. The Hall–Kier alpha value is -0.830. The van der Waals surface area contributed by atoms with Crippen LogP contribution in [-0.4, -0.2) is 26.5 Å². The highest BCUT2D eigenvalue weighted by Crippen LogP contribution is 2.18. The number of anilines is 1. The Labute approximate surface area is 104 Å². The lowest BCUT2D eigenvalue weighted by atomic mass is 10.2. The summed E-state index contributed by atoms with van der Waals surface area (Å²) in [4.78, 5) is 2.28. The van der Waals surface area contributed by atoms with Crippen LogP contribution < -0.4 is 9.64 Å². The number of benzene rings is 1. The van der Waals surface area contributed by atoms with Gasteiger partial charge in [0.05, 0.1) is 7.11 Å². The van der Waals surface area contributed by atoms with Crippen molar-refractivity contribution in [3.05, 3.63) is 24.3 Å². The summed E-state index contributed by atoms with van der Waals surface area (Å²) >= 11 is 4.21. The van der Waals surface area contributed by atoms with E-state index in [2.05, 4.69) is 36.7 Å². The summed E-state index contributed by atoms with van der Waals surface area (Å²) in [7, 11) is 3.82. The number of methoxy groups -OCH3 is 1. The third-order valence-electron chi connectivity index (χ3n) is 2.66. The molecule has 0 bridgehead atoms. The van der Waals surface area contributed by atoms with E-state index in [1.165, 1.54) is 24.9 Å². The van der Waals surface area contributed by atoms with Crippen molar-refractivity contribution >= 4 is 18.3 Å². The highest BCUT2D eigenvalue weighted by atomic mass is 32.1. The van der Waals surface area contributed by atoms with Crippen molar-refractivity contribution in [3.8, 4) is 5.75 Å². The monoisotopic (exact) mass is 239 g/mol. The van der Waals surface area contributed by atoms with Crippen LogP contribution in [0.3, 0.4) is 0 Å². The molecule has 16 heavy (non-hydrogen) atoms. The fraction of sp³-hybridized carbons (Fsp3) is 0.538. The summed E-state index contributed by atoms with van der Waals surface area (Å²) in [6.07, 6.45) is 3.69. The summed E-state index contributed by atoms with van der Waals surface area (Å²) in [6.45, 7) is 1.10. The number of hydrogen-bond donors (Lipinski definition) is 1. The first-order chi connectivity index (χ1) is 7.77. The molecule has 90 valence electrons. The predicted molar refractivity (Wildman–Crippen MR) is 74.0 cm³/mol. The van der Waals surface area contributed by atoms with Crippen LogP contribution in [0.4, 0.5) is 5.69 Å². The lowest BCUT2D eigenvalue weighted by molar-refractivity contribution is 0.415. The van der Waals surface area contributed by atoms with Gasteiger partial charge in [0.25, 0.3) is 0 Å². The van der Waals surface area contributed by atoms with Crippen LogP contribution in [0.5, 0.6) is 5.75 Å². The largest absolute Gasteiger partial charge is 0.497 e. The van der Waals surface area contributed by atoms with Gasteiger partial charge in [-0.3, -0.25) is 0 Å². The summed E-state index contributed by atoms with van der Waals surface area (Å²) in [5.74, 6) is 1.90. The zero-order chi connectivity index (χ0) is 11.8. The second kappa shape index (κ2) is 7.44. The van der Waals surface area contributed by atoms with Gasteiger partial charge in [-0.25, -0.2) is 0 Å². The molecule has 1 aromatic rings. The topological polar surface area (TPSA) is 12.5 Å². The molecule has 0 fully saturated rings. The normalized spacial score (nSPS) is 10.2. The lowest BCUT2D eigenvalue weighted by Gasteiger charge is -2.19. The Bertz CT molecular complexity index is 286. The minimum atomic E-state index is 0.909. The number of rotatable bonds is 7. The maximum atomic E-state index is 5.13. The van der Waals surface area contributed by atoms with Crippen molar-refractivity contribution in [2.75, 3.05) is 31.4 Å². The molecule has 0 amide bonds. The molecule has 0 unspecified atom stereocenters. The van der Waals surface area contributed by atoms with Crippen molar-refractivity contribution in [2.45, 2.75) is 19.3 Å². The fourth-order valence-electron chi connectivity index (χ4n) is 1.60. The second-order valence-corrected chi connectivity index (χ2v) is 4.35. The van der Waals surface area contributed by atoms with Crippen molar-refractivity contribution < 1.29 is 4.74 Å². The van der Waals surface area contributed by atoms with Crippen LogP contribution in [0.25, 0.3) is 0 Å². The van der Waals surface area contributed by atoms with Crippen LogP contribution in [0.2, 0.25) is 0 Å². The van der Waals surface area contributed by atoms with E-state index in [1.807, 2.05) is 12.1 Å². The molecule has 0 aliphatic heterocycles. The van der Waals surface area contributed by atoms with Crippen LogP contribution in [0.1, 0.15) is 19.3 Å².